The van der Waals surface area contributed by atoms with Crippen molar-refractivity contribution in [2.24, 2.45) is 17.7 Å². The molecule has 1 aromatic carbocycles. The highest BCUT2D eigenvalue weighted by molar-refractivity contribution is 14.1. The van der Waals surface area contributed by atoms with Crippen LogP contribution in [0.15, 0.2) is 18.2 Å². The van der Waals surface area contributed by atoms with Crippen LogP contribution in [0.5, 0.6) is 0 Å². The smallest absolute Gasteiger partial charge is 0.0499 e. The zero-order valence-corrected chi connectivity index (χ0v) is 13.5. The Morgan fingerprint density at radius 1 is 1.44 bits per heavy atom. The maximum absolute atomic E-state index is 6.11. The van der Waals surface area contributed by atoms with Crippen molar-refractivity contribution in [3.05, 3.63) is 32.4 Å². The monoisotopic (exact) mass is 378 g/mol. The van der Waals surface area contributed by atoms with Gasteiger partial charge in [-0.05, 0) is 71.0 Å². The van der Waals surface area contributed by atoms with Gasteiger partial charge in [0.1, 0.15) is 0 Å². The highest BCUT2D eigenvalue weighted by Gasteiger charge is 2.28. The minimum absolute atomic E-state index is 0.221. The molecule has 0 bridgehead atoms. The molecule has 3 N–H and O–H groups in total. The van der Waals surface area contributed by atoms with Crippen molar-refractivity contribution in [2.75, 3.05) is 0 Å². The summed E-state index contributed by atoms with van der Waals surface area (Å²) in [6.45, 7) is 2.34. The molecular formula is C14H20ClIN2. The largest absolute Gasteiger partial charge is 0.271 e. The molecule has 1 aliphatic carbocycles. The molecule has 3 unspecified atom stereocenters. The summed E-state index contributed by atoms with van der Waals surface area (Å²) in [4.78, 5) is 0. The molecule has 0 spiro atoms. The summed E-state index contributed by atoms with van der Waals surface area (Å²) >= 11 is 8.48. The van der Waals surface area contributed by atoms with E-state index in [1.54, 1.807) is 0 Å². The normalized spacial score (nSPS) is 26.0. The number of nitrogens with one attached hydrogen (secondary N) is 1. The third-order valence-electron chi connectivity index (χ3n) is 3.92. The second-order valence-electron chi connectivity index (χ2n) is 5.34. The van der Waals surface area contributed by atoms with Crippen LogP contribution in [0.1, 0.15) is 44.2 Å². The van der Waals surface area contributed by atoms with E-state index < -0.39 is 0 Å². The van der Waals surface area contributed by atoms with E-state index in [1.807, 2.05) is 12.1 Å². The topological polar surface area (TPSA) is 38.0 Å². The number of hydrazine groups is 1. The fourth-order valence-corrected chi connectivity index (χ4v) is 3.87. The Balaban J connectivity index is 2.24. The first-order chi connectivity index (χ1) is 8.61. The molecule has 1 saturated carbocycles. The molecule has 1 fully saturated rings. The zero-order valence-electron chi connectivity index (χ0n) is 10.6. The third kappa shape index (κ3) is 3.38. The molecule has 0 amide bonds. The van der Waals surface area contributed by atoms with E-state index in [4.69, 9.17) is 17.4 Å². The van der Waals surface area contributed by atoms with E-state index in [1.165, 1.54) is 34.8 Å². The summed E-state index contributed by atoms with van der Waals surface area (Å²) in [6.07, 6.45) is 5.15. The zero-order chi connectivity index (χ0) is 13.1. The van der Waals surface area contributed by atoms with Crippen molar-refractivity contribution >= 4 is 34.2 Å². The number of hydrogen-bond acceptors (Lipinski definition) is 2. The first-order valence-electron chi connectivity index (χ1n) is 6.53. The number of benzene rings is 1. The first kappa shape index (κ1) is 14.6. The van der Waals surface area contributed by atoms with Crippen LogP contribution in [-0.2, 0) is 0 Å². The Morgan fingerprint density at radius 3 is 2.89 bits per heavy atom. The van der Waals surface area contributed by atoms with Gasteiger partial charge in [-0.25, -0.2) is 0 Å². The molecule has 1 aromatic rings. The molecule has 0 saturated heterocycles. The molecule has 0 radical (unpaired) electrons. The predicted molar refractivity (Wildman–Crippen MR) is 85.4 cm³/mol. The summed E-state index contributed by atoms with van der Waals surface area (Å²) in [5.41, 5.74) is 4.25. The highest BCUT2D eigenvalue weighted by Crippen LogP contribution is 2.38. The van der Waals surface area contributed by atoms with E-state index in [2.05, 4.69) is 41.0 Å². The summed E-state index contributed by atoms with van der Waals surface area (Å²) in [5, 5.41) is 0.787. The van der Waals surface area contributed by atoms with Gasteiger partial charge in [0.05, 0.1) is 0 Å². The van der Waals surface area contributed by atoms with Gasteiger partial charge in [0.2, 0.25) is 0 Å². The molecule has 18 heavy (non-hydrogen) atoms. The van der Waals surface area contributed by atoms with Gasteiger partial charge in [-0.2, -0.15) is 0 Å². The fourth-order valence-electron chi connectivity index (χ4n) is 3.02. The Morgan fingerprint density at radius 2 is 2.22 bits per heavy atom. The molecule has 1 aliphatic rings. The quantitative estimate of drug-likeness (QED) is 0.468. The van der Waals surface area contributed by atoms with Crippen molar-refractivity contribution in [1.29, 1.82) is 0 Å². The van der Waals surface area contributed by atoms with Crippen LogP contribution in [0, 0.1) is 15.4 Å². The SMILES string of the molecule is CC1CCCC(C(NN)c2cc(Cl)ccc2I)C1. The highest BCUT2D eigenvalue weighted by atomic mass is 127. The molecule has 0 aliphatic heterocycles. The maximum Gasteiger partial charge on any atom is 0.0499 e. The molecule has 4 heteroatoms. The lowest BCUT2D eigenvalue weighted by atomic mass is 9.77. The lowest BCUT2D eigenvalue weighted by Gasteiger charge is -2.33. The van der Waals surface area contributed by atoms with Crippen LogP contribution >= 0.6 is 34.2 Å². The second kappa shape index (κ2) is 6.55. The molecule has 3 atom stereocenters. The lowest BCUT2D eigenvalue weighted by Crippen LogP contribution is -2.36. The van der Waals surface area contributed by atoms with E-state index in [-0.39, 0.29) is 6.04 Å². The van der Waals surface area contributed by atoms with Gasteiger partial charge in [-0.1, -0.05) is 31.4 Å². The van der Waals surface area contributed by atoms with Crippen LogP contribution < -0.4 is 11.3 Å². The maximum atomic E-state index is 6.11. The van der Waals surface area contributed by atoms with Gasteiger partial charge in [0, 0.05) is 14.6 Å². The average molecular weight is 379 g/mol. The number of halogens is 2. The van der Waals surface area contributed by atoms with E-state index in [0.29, 0.717) is 5.92 Å². The van der Waals surface area contributed by atoms with Gasteiger partial charge in [-0.15, -0.1) is 0 Å². The fraction of sp³-hybridized carbons (Fsp3) is 0.571. The summed E-state index contributed by atoms with van der Waals surface area (Å²) in [7, 11) is 0. The van der Waals surface area contributed by atoms with Crippen LogP contribution in [0.3, 0.4) is 0 Å². The minimum atomic E-state index is 0.221. The summed E-state index contributed by atoms with van der Waals surface area (Å²) < 4.78 is 1.23. The van der Waals surface area contributed by atoms with Crippen LogP contribution in [0.2, 0.25) is 5.02 Å². The molecule has 0 aromatic heterocycles. The van der Waals surface area contributed by atoms with Gasteiger partial charge >= 0.3 is 0 Å². The number of rotatable bonds is 3. The van der Waals surface area contributed by atoms with Crippen LogP contribution in [-0.4, -0.2) is 0 Å². The van der Waals surface area contributed by atoms with Crippen LogP contribution in [0.4, 0.5) is 0 Å². The second-order valence-corrected chi connectivity index (χ2v) is 6.94. The van der Waals surface area contributed by atoms with Gasteiger partial charge in [-0.3, -0.25) is 11.3 Å². The average Bonchev–Trinajstić information content (AvgIpc) is 2.35. The van der Waals surface area contributed by atoms with Crippen molar-refractivity contribution in [3.8, 4) is 0 Å². The Labute approximate surface area is 128 Å². The first-order valence-corrected chi connectivity index (χ1v) is 7.98. The van der Waals surface area contributed by atoms with Crippen molar-refractivity contribution in [1.82, 2.24) is 5.43 Å². The molecule has 0 heterocycles. The van der Waals surface area contributed by atoms with Gasteiger partial charge in [0.15, 0.2) is 0 Å². The van der Waals surface area contributed by atoms with Gasteiger partial charge in [0.25, 0.3) is 0 Å². The van der Waals surface area contributed by atoms with Crippen molar-refractivity contribution < 1.29 is 0 Å². The van der Waals surface area contributed by atoms with E-state index >= 15 is 0 Å². The van der Waals surface area contributed by atoms with E-state index in [9.17, 15) is 0 Å². The molecule has 100 valence electrons. The molecular weight excluding hydrogens is 359 g/mol. The minimum Gasteiger partial charge on any atom is -0.271 e. The third-order valence-corrected chi connectivity index (χ3v) is 5.14. The predicted octanol–water partition coefficient (Wildman–Crippen LogP) is 4.28. The number of nitrogens with two attached hydrogens (primary N) is 1. The Hall–Kier alpha value is 0.160. The lowest BCUT2D eigenvalue weighted by molar-refractivity contribution is 0.224. The molecule has 2 rings (SSSR count). The van der Waals surface area contributed by atoms with Crippen molar-refractivity contribution in [3.63, 3.8) is 0 Å². The molecule has 2 nitrogen and oxygen atoms in total. The number of hydrogen-bond donors (Lipinski definition) is 2. The Kier molecular flexibility index (Phi) is 5.30. The van der Waals surface area contributed by atoms with E-state index in [0.717, 1.165) is 10.9 Å². The van der Waals surface area contributed by atoms with Crippen molar-refractivity contribution in [2.45, 2.75) is 38.6 Å². The Bertz CT molecular complexity index is 411. The van der Waals surface area contributed by atoms with Gasteiger partial charge < -0.3 is 0 Å². The summed E-state index contributed by atoms with van der Waals surface area (Å²) in [6, 6.07) is 6.27. The standard InChI is InChI=1S/C14H20ClIN2/c1-9-3-2-4-10(7-9)14(18-17)12-8-11(15)5-6-13(12)16/h5-6,8-10,14,18H,2-4,7,17H2,1H3. The summed E-state index contributed by atoms with van der Waals surface area (Å²) in [5.74, 6) is 7.22. The van der Waals surface area contributed by atoms with Crippen LogP contribution in [0.25, 0.3) is 0 Å².